The Balaban J connectivity index is 2.27. The average Bonchev–Trinajstić information content (AvgIpc) is 2.63. The second kappa shape index (κ2) is 4.62. The maximum absolute atomic E-state index is 6.26. The monoisotopic (exact) mass is 297 g/mol. The Morgan fingerprint density at radius 3 is 2.76 bits per heavy atom. The molecule has 0 radical (unpaired) electrons. The number of rotatable bonds is 2. The topological polar surface area (TPSA) is 35.2 Å². The van der Waals surface area contributed by atoms with Crippen molar-refractivity contribution in [1.82, 2.24) is 0 Å². The molecule has 0 saturated carbocycles. The average molecular weight is 298 g/mol. The van der Waals surface area contributed by atoms with Crippen molar-refractivity contribution in [3.05, 3.63) is 27.7 Å². The highest BCUT2D eigenvalue weighted by Gasteiger charge is 2.24. The summed E-state index contributed by atoms with van der Waals surface area (Å²) >= 11 is 3.56. The molecule has 3 heteroatoms. The summed E-state index contributed by atoms with van der Waals surface area (Å²) < 4.78 is 6.84. The SMILES string of the molecule is CC(C)(C)C(N)Cc1cc(Br)cc2c1OCC2. The third-order valence-electron chi connectivity index (χ3n) is 3.38. The van der Waals surface area contributed by atoms with E-state index in [1.54, 1.807) is 0 Å². The summed E-state index contributed by atoms with van der Waals surface area (Å²) in [5, 5.41) is 0. The molecular weight excluding hydrogens is 278 g/mol. The van der Waals surface area contributed by atoms with Gasteiger partial charge in [-0.1, -0.05) is 36.7 Å². The molecule has 1 aliphatic heterocycles. The molecule has 0 spiro atoms. The number of halogens is 1. The normalized spacial score (nSPS) is 16.5. The zero-order valence-corrected chi connectivity index (χ0v) is 12.3. The second-order valence-corrected chi connectivity index (χ2v) is 6.74. The van der Waals surface area contributed by atoms with Crippen LogP contribution in [0.2, 0.25) is 0 Å². The number of hydrogen-bond donors (Lipinski definition) is 1. The zero-order valence-electron chi connectivity index (χ0n) is 10.7. The van der Waals surface area contributed by atoms with Crippen molar-refractivity contribution in [3.63, 3.8) is 0 Å². The van der Waals surface area contributed by atoms with Crippen molar-refractivity contribution in [2.24, 2.45) is 11.1 Å². The van der Waals surface area contributed by atoms with Gasteiger partial charge in [-0.3, -0.25) is 0 Å². The van der Waals surface area contributed by atoms with Crippen LogP contribution in [0.15, 0.2) is 16.6 Å². The minimum atomic E-state index is 0.119. The van der Waals surface area contributed by atoms with Gasteiger partial charge in [0.2, 0.25) is 0 Å². The Labute approximate surface area is 112 Å². The largest absolute Gasteiger partial charge is 0.493 e. The lowest BCUT2D eigenvalue weighted by Gasteiger charge is -2.27. The van der Waals surface area contributed by atoms with Crippen LogP contribution < -0.4 is 10.5 Å². The van der Waals surface area contributed by atoms with Crippen molar-refractivity contribution >= 4 is 15.9 Å². The van der Waals surface area contributed by atoms with E-state index in [0.717, 1.165) is 29.7 Å². The summed E-state index contributed by atoms with van der Waals surface area (Å²) in [7, 11) is 0. The van der Waals surface area contributed by atoms with E-state index in [1.165, 1.54) is 11.1 Å². The summed E-state index contributed by atoms with van der Waals surface area (Å²) in [4.78, 5) is 0. The van der Waals surface area contributed by atoms with Crippen LogP contribution in [0, 0.1) is 5.41 Å². The molecule has 2 rings (SSSR count). The van der Waals surface area contributed by atoms with Crippen LogP contribution in [-0.2, 0) is 12.8 Å². The number of nitrogens with two attached hydrogens (primary N) is 1. The lowest BCUT2D eigenvalue weighted by Crippen LogP contribution is -2.37. The van der Waals surface area contributed by atoms with Gasteiger partial charge in [-0.15, -0.1) is 0 Å². The molecule has 0 fully saturated rings. The highest BCUT2D eigenvalue weighted by Crippen LogP contribution is 2.35. The first-order valence-electron chi connectivity index (χ1n) is 6.07. The van der Waals surface area contributed by atoms with Gasteiger partial charge in [0.25, 0.3) is 0 Å². The molecule has 2 N–H and O–H groups in total. The third kappa shape index (κ3) is 2.83. The van der Waals surface area contributed by atoms with Crippen LogP contribution in [-0.4, -0.2) is 12.6 Å². The van der Waals surface area contributed by atoms with Gasteiger partial charge in [0.15, 0.2) is 0 Å². The highest BCUT2D eigenvalue weighted by atomic mass is 79.9. The second-order valence-electron chi connectivity index (χ2n) is 5.83. The first kappa shape index (κ1) is 12.9. The molecule has 1 heterocycles. The van der Waals surface area contributed by atoms with Crippen molar-refractivity contribution in [2.75, 3.05) is 6.61 Å². The molecule has 0 aliphatic carbocycles. The number of ether oxygens (including phenoxy) is 1. The Morgan fingerprint density at radius 1 is 1.41 bits per heavy atom. The Hall–Kier alpha value is -0.540. The van der Waals surface area contributed by atoms with Crippen LogP contribution in [0.4, 0.5) is 0 Å². The van der Waals surface area contributed by atoms with Gasteiger partial charge in [-0.25, -0.2) is 0 Å². The third-order valence-corrected chi connectivity index (χ3v) is 3.84. The molecule has 1 aliphatic rings. The molecule has 0 bridgehead atoms. The number of benzene rings is 1. The maximum Gasteiger partial charge on any atom is 0.125 e. The summed E-state index contributed by atoms with van der Waals surface area (Å²) in [5.41, 5.74) is 8.91. The first-order valence-corrected chi connectivity index (χ1v) is 6.87. The van der Waals surface area contributed by atoms with Gasteiger partial charge >= 0.3 is 0 Å². The molecule has 1 unspecified atom stereocenters. The molecule has 0 aromatic heterocycles. The highest BCUT2D eigenvalue weighted by molar-refractivity contribution is 9.10. The van der Waals surface area contributed by atoms with E-state index < -0.39 is 0 Å². The Bertz CT molecular complexity index is 423. The molecule has 1 aromatic rings. The van der Waals surface area contributed by atoms with E-state index >= 15 is 0 Å². The zero-order chi connectivity index (χ0) is 12.6. The summed E-state index contributed by atoms with van der Waals surface area (Å²) in [6, 6.07) is 4.43. The Morgan fingerprint density at radius 2 is 2.12 bits per heavy atom. The van der Waals surface area contributed by atoms with Crippen LogP contribution in [0.3, 0.4) is 0 Å². The molecule has 1 atom stereocenters. The lowest BCUT2D eigenvalue weighted by atomic mass is 9.83. The van der Waals surface area contributed by atoms with Gasteiger partial charge < -0.3 is 10.5 Å². The van der Waals surface area contributed by atoms with Crippen molar-refractivity contribution < 1.29 is 4.74 Å². The fourth-order valence-electron chi connectivity index (χ4n) is 2.04. The summed E-state index contributed by atoms with van der Waals surface area (Å²) in [5.74, 6) is 1.06. The first-order chi connectivity index (χ1) is 7.88. The minimum Gasteiger partial charge on any atom is -0.493 e. The fourth-order valence-corrected chi connectivity index (χ4v) is 2.59. The van der Waals surface area contributed by atoms with E-state index in [1.807, 2.05) is 0 Å². The lowest BCUT2D eigenvalue weighted by molar-refractivity contribution is 0.311. The van der Waals surface area contributed by atoms with E-state index in [2.05, 4.69) is 48.8 Å². The number of hydrogen-bond acceptors (Lipinski definition) is 2. The smallest absolute Gasteiger partial charge is 0.125 e. The van der Waals surface area contributed by atoms with Crippen LogP contribution in [0.25, 0.3) is 0 Å². The fraction of sp³-hybridized carbons (Fsp3) is 0.571. The van der Waals surface area contributed by atoms with Crippen molar-refractivity contribution in [3.8, 4) is 5.75 Å². The quantitative estimate of drug-likeness (QED) is 0.909. The predicted octanol–water partition coefficient (Wildman–Crippen LogP) is 3.30. The van der Waals surface area contributed by atoms with Gasteiger partial charge in [0, 0.05) is 16.9 Å². The summed E-state index contributed by atoms with van der Waals surface area (Å²) in [6.07, 6.45) is 1.87. The molecular formula is C14H20BrNO. The molecule has 0 amide bonds. The van der Waals surface area contributed by atoms with Crippen LogP contribution in [0.5, 0.6) is 5.75 Å². The maximum atomic E-state index is 6.26. The van der Waals surface area contributed by atoms with Gasteiger partial charge in [-0.2, -0.15) is 0 Å². The molecule has 2 nitrogen and oxygen atoms in total. The minimum absolute atomic E-state index is 0.119. The van der Waals surface area contributed by atoms with E-state index in [0.29, 0.717) is 0 Å². The van der Waals surface area contributed by atoms with Gasteiger partial charge in [-0.05, 0) is 35.1 Å². The van der Waals surface area contributed by atoms with Crippen LogP contribution in [0.1, 0.15) is 31.9 Å². The van der Waals surface area contributed by atoms with Crippen molar-refractivity contribution in [1.29, 1.82) is 0 Å². The molecule has 1 aromatic carbocycles. The van der Waals surface area contributed by atoms with Gasteiger partial charge in [0.05, 0.1) is 6.61 Å². The van der Waals surface area contributed by atoms with E-state index in [9.17, 15) is 0 Å². The molecule has 17 heavy (non-hydrogen) atoms. The van der Waals surface area contributed by atoms with Gasteiger partial charge in [0.1, 0.15) is 5.75 Å². The van der Waals surface area contributed by atoms with E-state index in [4.69, 9.17) is 10.5 Å². The molecule has 94 valence electrons. The van der Waals surface area contributed by atoms with Crippen molar-refractivity contribution in [2.45, 2.75) is 39.7 Å². The predicted molar refractivity (Wildman–Crippen MR) is 74.5 cm³/mol. The summed E-state index contributed by atoms with van der Waals surface area (Å²) in [6.45, 7) is 7.33. The van der Waals surface area contributed by atoms with E-state index in [-0.39, 0.29) is 11.5 Å². The molecule has 0 saturated heterocycles. The number of fused-ring (bicyclic) bond motifs is 1. The van der Waals surface area contributed by atoms with Crippen LogP contribution >= 0.6 is 15.9 Å². The standard InChI is InChI=1S/C14H20BrNO/c1-14(2,3)12(16)8-10-7-11(15)6-9-4-5-17-13(9)10/h6-7,12H,4-5,8,16H2,1-3H3. The Kier molecular flexibility index (Phi) is 3.50.